The molecule has 0 saturated carbocycles. The Morgan fingerprint density at radius 1 is 0.927 bits per heavy atom. The summed E-state index contributed by atoms with van der Waals surface area (Å²) in [5.41, 5.74) is 12.0. The number of nitrogens with two attached hydrogens (primary N) is 2. The highest BCUT2D eigenvalue weighted by Crippen LogP contribution is 2.19. The lowest BCUT2D eigenvalue weighted by atomic mass is 10.0. The van der Waals surface area contributed by atoms with Gasteiger partial charge < -0.3 is 42.8 Å². The number of para-hydroxylation sites is 1. The van der Waals surface area contributed by atoms with E-state index >= 15 is 0 Å². The van der Waals surface area contributed by atoms with Crippen molar-refractivity contribution in [3.63, 3.8) is 0 Å². The lowest BCUT2D eigenvalue weighted by molar-refractivity contribution is -0.143. The van der Waals surface area contributed by atoms with Gasteiger partial charge in [-0.05, 0) is 24.0 Å². The second-order valence-corrected chi connectivity index (χ2v) is 10.1. The Kier molecular flexibility index (Phi) is 12.6. The van der Waals surface area contributed by atoms with Crippen LogP contribution in [0.25, 0.3) is 10.9 Å². The lowest BCUT2D eigenvalue weighted by Gasteiger charge is -2.26. The highest BCUT2D eigenvalue weighted by atomic mass is 32.1. The molecule has 0 spiro atoms. The van der Waals surface area contributed by atoms with Gasteiger partial charge in [-0.2, -0.15) is 12.6 Å². The van der Waals surface area contributed by atoms with E-state index in [0.717, 1.165) is 10.9 Å². The Bertz CT molecular complexity index is 1270. The molecule has 2 rings (SSSR count). The summed E-state index contributed by atoms with van der Waals surface area (Å²) in [4.78, 5) is 77.3. The molecular formula is C26H37N7O7S. The van der Waals surface area contributed by atoms with Gasteiger partial charge in [0.15, 0.2) is 0 Å². The third-order valence-electron chi connectivity index (χ3n) is 6.29. The molecule has 1 heterocycles. The van der Waals surface area contributed by atoms with E-state index in [1.807, 2.05) is 24.3 Å². The summed E-state index contributed by atoms with van der Waals surface area (Å²) >= 11 is 4.15. The molecular weight excluding hydrogens is 554 g/mol. The molecule has 0 bridgehead atoms. The average molecular weight is 592 g/mol. The maximum absolute atomic E-state index is 13.3. The molecule has 15 heteroatoms. The van der Waals surface area contributed by atoms with Crippen molar-refractivity contribution in [2.45, 2.75) is 57.3 Å². The number of aromatic nitrogens is 1. The number of carbonyl (C=O) groups is 6. The first-order valence-electron chi connectivity index (χ1n) is 12.9. The van der Waals surface area contributed by atoms with Crippen LogP contribution in [0, 0.1) is 5.92 Å². The van der Waals surface area contributed by atoms with Gasteiger partial charge in [0.2, 0.25) is 29.5 Å². The maximum Gasteiger partial charge on any atom is 0.326 e. The first kappa shape index (κ1) is 33.1. The Labute approximate surface area is 242 Å². The summed E-state index contributed by atoms with van der Waals surface area (Å²) in [5, 5.41) is 20.3. The van der Waals surface area contributed by atoms with Crippen LogP contribution < -0.4 is 32.7 Å². The second-order valence-electron chi connectivity index (χ2n) is 9.77. The third-order valence-corrected chi connectivity index (χ3v) is 6.66. The van der Waals surface area contributed by atoms with E-state index in [0.29, 0.717) is 5.56 Å². The van der Waals surface area contributed by atoms with E-state index < -0.39 is 72.1 Å². The zero-order valence-corrected chi connectivity index (χ0v) is 23.7. The number of aromatic amines is 1. The van der Waals surface area contributed by atoms with E-state index in [1.165, 1.54) is 0 Å². The van der Waals surface area contributed by atoms with Gasteiger partial charge in [-0.15, -0.1) is 0 Å². The normalized spacial score (nSPS) is 14.0. The van der Waals surface area contributed by atoms with Crippen LogP contribution in [0.3, 0.4) is 0 Å². The molecule has 2 aromatic rings. The fraction of sp³-hybridized carbons (Fsp3) is 0.462. The first-order valence-corrected chi connectivity index (χ1v) is 13.6. The van der Waals surface area contributed by atoms with Gasteiger partial charge in [0.1, 0.15) is 24.2 Å². The summed E-state index contributed by atoms with van der Waals surface area (Å²) < 4.78 is 0. The Morgan fingerprint density at radius 2 is 1.54 bits per heavy atom. The second kappa shape index (κ2) is 15.6. The SMILES string of the molecule is CC(C)[C@H](NC(=O)[C@H](Cc1c[nH]c2ccccc12)NC(=O)[C@H](CS)NC(=O)[C@H](CCC(N)=O)NC(=O)CN)C(=O)O. The van der Waals surface area contributed by atoms with Crippen molar-refractivity contribution >= 4 is 59.0 Å². The number of carbonyl (C=O) groups excluding carboxylic acids is 5. The van der Waals surface area contributed by atoms with Gasteiger partial charge >= 0.3 is 5.97 Å². The molecule has 0 fully saturated rings. The molecule has 1 aromatic carbocycles. The van der Waals surface area contributed by atoms with Crippen molar-refractivity contribution in [1.29, 1.82) is 0 Å². The molecule has 0 aliphatic carbocycles. The van der Waals surface area contributed by atoms with E-state index in [-0.39, 0.29) is 25.0 Å². The van der Waals surface area contributed by atoms with Gasteiger partial charge in [0.05, 0.1) is 6.54 Å². The topological polar surface area (TPSA) is 239 Å². The minimum Gasteiger partial charge on any atom is -0.480 e. The van der Waals surface area contributed by atoms with E-state index in [4.69, 9.17) is 11.5 Å². The maximum atomic E-state index is 13.3. The third kappa shape index (κ3) is 9.79. The summed E-state index contributed by atoms with van der Waals surface area (Å²) in [5.74, 6) is -5.50. The van der Waals surface area contributed by atoms with Crippen LogP contribution in [0.5, 0.6) is 0 Å². The molecule has 224 valence electrons. The molecule has 0 saturated heterocycles. The molecule has 4 atom stereocenters. The molecule has 5 amide bonds. The number of carboxylic acids is 1. The minimum atomic E-state index is -1.25. The van der Waals surface area contributed by atoms with E-state index in [1.54, 1.807) is 20.0 Å². The molecule has 0 aliphatic heterocycles. The van der Waals surface area contributed by atoms with Crippen LogP contribution in [-0.2, 0) is 35.2 Å². The van der Waals surface area contributed by atoms with Crippen LogP contribution in [0.4, 0.5) is 0 Å². The molecule has 14 nitrogen and oxygen atoms in total. The number of benzene rings is 1. The number of aliphatic carboxylic acids is 1. The van der Waals surface area contributed by atoms with Crippen molar-refractivity contribution in [2.75, 3.05) is 12.3 Å². The van der Waals surface area contributed by atoms with Crippen LogP contribution in [-0.4, -0.2) is 82.1 Å². The smallest absolute Gasteiger partial charge is 0.326 e. The number of rotatable bonds is 16. The summed E-state index contributed by atoms with van der Waals surface area (Å²) in [7, 11) is 0. The van der Waals surface area contributed by atoms with E-state index in [9.17, 15) is 33.9 Å². The largest absolute Gasteiger partial charge is 0.480 e. The number of fused-ring (bicyclic) bond motifs is 1. The molecule has 1 aromatic heterocycles. The zero-order valence-electron chi connectivity index (χ0n) is 22.8. The number of amides is 5. The quantitative estimate of drug-likeness (QED) is 0.104. The molecule has 0 unspecified atom stereocenters. The number of thiol groups is 1. The lowest BCUT2D eigenvalue weighted by Crippen LogP contribution is -2.59. The molecule has 0 aliphatic rings. The van der Waals surface area contributed by atoms with E-state index in [2.05, 4.69) is 38.9 Å². The van der Waals surface area contributed by atoms with Gasteiger partial charge in [-0.3, -0.25) is 24.0 Å². The number of carboxylic acid groups (broad SMARTS) is 1. The summed E-state index contributed by atoms with van der Waals surface area (Å²) in [6.45, 7) is 2.86. The van der Waals surface area contributed by atoms with Gasteiger partial charge in [-0.25, -0.2) is 4.79 Å². The van der Waals surface area contributed by atoms with Crippen LogP contribution in [0.1, 0.15) is 32.3 Å². The Balaban J connectivity index is 2.27. The highest BCUT2D eigenvalue weighted by molar-refractivity contribution is 7.80. The highest BCUT2D eigenvalue weighted by Gasteiger charge is 2.32. The van der Waals surface area contributed by atoms with Crippen molar-refractivity contribution in [1.82, 2.24) is 26.3 Å². The number of H-pyrrole nitrogens is 1. The Morgan fingerprint density at radius 3 is 2.12 bits per heavy atom. The van der Waals surface area contributed by atoms with Crippen molar-refractivity contribution in [3.8, 4) is 0 Å². The predicted molar refractivity (Wildman–Crippen MR) is 154 cm³/mol. The fourth-order valence-electron chi connectivity index (χ4n) is 4.04. The van der Waals surface area contributed by atoms with Crippen molar-refractivity contribution < 1.29 is 33.9 Å². The molecule has 41 heavy (non-hydrogen) atoms. The molecule has 10 N–H and O–H groups in total. The van der Waals surface area contributed by atoms with Gasteiger partial charge in [0, 0.05) is 35.7 Å². The van der Waals surface area contributed by atoms with Crippen LogP contribution >= 0.6 is 12.6 Å². The monoisotopic (exact) mass is 591 g/mol. The molecule has 0 radical (unpaired) electrons. The van der Waals surface area contributed by atoms with Gasteiger partial charge in [-0.1, -0.05) is 32.0 Å². The predicted octanol–water partition coefficient (Wildman–Crippen LogP) is -1.46. The van der Waals surface area contributed by atoms with Crippen LogP contribution in [0.2, 0.25) is 0 Å². The van der Waals surface area contributed by atoms with Crippen LogP contribution in [0.15, 0.2) is 30.5 Å². The zero-order chi connectivity index (χ0) is 30.7. The first-order chi connectivity index (χ1) is 19.4. The van der Waals surface area contributed by atoms with Crippen molar-refractivity contribution in [2.24, 2.45) is 17.4 Å². The Hall–Kier alpha value is -4.11. The summed E-state index contributed by atoms with van der Waals surface area (Å²) in [6.07, 6.45) is 1.35. The van der Waals surface area contributed by atoms with Crippen molar-refractivity contribution in [3.05, 3.63) is 36.0 Å². The average Bonchev–Trinajstić information content (AvgIpc) is 3.33. The minimum absolute atomic E-state index is 0.00700. The number of hydrogen-bond acceptors (Lipinski definition) is 8. The standard InChI is InChI=1S/C26H37N7O7S/c1-13(2)22(26(39)40)33-24(37)18(9-14-11-29-16-6-4-3-5-15(14)16)31-25(38)19(12-41)32-23(36)17(7-8-20(28)34)30-21(35)10-27/h3-6,11,13,17-19,22,29,41H,7-10,12,27H2,1-2H3,(H2,28,34)(H,30,35)(H,31,38)(H,32,36)(H,33,37)(H,39,40)/t17-,18-,19-,22-/m0/s1. The van der Waals surface area contributed by atoms with Gasteiger partial charge in [0.25, 0.3) is 0 Å². The number of hydrogen-bond donors (Lipinski definition) is 9. The number of nitrogens with one attached hydrogen (secondary N) is 5. The number of primary amides is 1. The summed E-state index contributed by atoms with van der Waals surface area (Å²) in [6, 6.07) is 2.45. The fourth-order valence-corrected chi connectivity index (χ4v) is 4.30.